The molecule has 12 heavy (non-hydrogen) atoms. The molecule has 0 saturated carbocycles. The Morgan fingerprint density at radius 3 is 3.00 bits per heavy atom. The standard InChI is InChI=1S/C7H6ClNO3/c8-5-11-7(10)12-6-3-1-2-4-9-6/h1-4H,5H2. The van der Waals surface area contributed by atoms with Crippen LogP contribution in [0.5, 0.6) is 5.88 Å². The molecule has 0 radical (unpaired) electrons. The quantitative estimate of drug-likeness (QED) is 0.523. The van der Waals surface area contributed by atoms with Crippen molar-refractivity contribution in [1.29, 1.82) is 0 Å². The van der Waals surface area contributed by atoms with Crippen molar-refractivity contribution in [3.63, 3.8) is 0 Å². The number of carbonyl (C=O) groups is 1. The largest absolute Gasteiger partial charge is 0.516 e. The summed E-state index contributed by atoms with van der Waals surface area (Å²) in [6.45, 7) is 0. The van der Waals surface area contributed by atoms with E-state index < -0.39 is 6.16 Å². The monoisotopic (exact) mass is 187 g/mol. The minimum atomic E-state index is -0.858. The van der Waals surface area contributed by atoms with Crippen molar-refractivity contribution < 1.29 is 14.3 Å². The molecule has 64 valence electrons. The molecule has 0 unspecified atom stereocenters. The molecule has 0 bridgehead atoms. The normalized spacial score (nSPS) is 9.08. The number of rotatable bonds is 2. The van der Waals surface area contributed by atoms with Gasteiger partial charge < -0.3 is 9.47 Å². The van der Waals surface area contributed by atoms with Crippen LogP contribution in [-0.2, 0) is 4.74 Å². The first kappa shape index (κ1) is 8.80. The van der Waals surface area contributed by atoms with Crippen LogP contribution in [0.4, 0.5) is 4.79 Å². The Labute approximate surface area is 74.1 Å². The fraction of sp³-hybridized carbons (Fsp3) is 0.143. The van der Waals surface area contributed by atoms with E-state index in [4.69, 9.17) is 11.6 Å². The fourth-order valence-electron chi connectivity index (χ4n) is 0.567. The second kappa shape index (κ2) is 4.56. The molecule has 0 aliphatic heterocycles. The van der Waals surface area contributed by atoms with Gasteiger partial charge in [-0.1, -0.05) is 17.7 Å². The van der Waals surface area contributed by atoms with E-state index in [0.717, 1.165) is 0 Å². The molecule has 0 N–H and O–H groups in total. The topological polar surface area (TPSA) is 48.4 Å². The summed E-state index contributed by atoms with van der Waals surface area (Å²) in [5.41, 5.74) is 0. The third-order valence-corrected chi connectivity index (χ3v) is 1.11. The van der Waals surface area contributed by atoms with Crippen LogP contribution in [0.15, 0.2) is 24.4 Å². The van der Waals surface area contributed by atoms with Gasteiger partial charge >= 0.3 is 6.16 Å². The number of aromatic nitrogens is 1. The number of nitrogens with zero attached hydrogens (tertiary/aromatic N) is 1. The second-order valence-electron chi connectivity index (χ2n) is 1.77. The van der Waals surface area contributed by atoms with Gasteiger partial charge in [0.25, 0.3) is 0 Å². The van der Waals surface area contributed by atoms with Gasteiger partial charge in [-0.25, -0.2) is 9.78 Å². The van der Waals surface area contributed by atoms with Crippen LogP contribution >= 0.6 is 11.6 Å². The van der Waals surface area contributed by atoms with E-state index in [1.54, 1.807) is 12.1 Å². The van der Waals surface area contributed by atoms with E-state index in [0.29, 0.717) is 0 Å². The highest BCUT2D eigenvalue weighted by molar-refractivity contribution is 6.17. The Hall–Kier alpha value is -1.29. The van der Waals surface area contributed by atoms with Crippen molar-refractivity contribution in [1.82, 2.24) is 4.98 Å². The van der Waals surface area contributed by atoms with Gasteiger partial charge in [0.15, 0.2) is 6.07 Å². The Morgan fingerprint density at radius 2 is 2.42 bits per heavy atom. The first-order valence-electron chi connectivity index (χ1n) is 3.14. The fourth-order valence-corrected chi connectivity index (χ4v) is 0.656. The minimum absolute atomic E-state index is 0.188. The van der Waals surface area contributed by atoms with Crippen LogP contribution in [0.3, 0.4) is 0 Å². The van der Waals surface area contributed by atoms with Gasteiger partial charge in [0.1, 0.15) is 0 Å². The summed E-state index contributed by atoms with van der Waals surface area (Å²) >= 11 is 5.12. The van der Waals surface area contributed by atoms with Crippen molar-refractivity contribution in [2.45, 2.75) is 0 Å². The van der Waals surface area contributed by atoms with Crippen molar-refractivity contribution in [2.24, 2.45) is 0 Å². The maximum absolute atomic E-state index is 10.6. The van der Waals surface area contributed by atoms with Crippen LogP contribution in [0, 0.1) is 0 Å². The van der Waals surface area contributed by atoms with Gasteiger partial charge in [-0.15, -0.1) is 0 Å². The molecule has 5 heteroatoms. The van der Waals surface area contributed by atoms with Gasteiger partial charge in [0.2, 0.25) is 5.88 Å². The number of hydrogen-bond donors (Lipinski definition) is 0. The molecule has 1 aromatic heterocycles. The summed E-state index contributed by atoms with van der Waals surface area (Å²) < 4.78 is 8.91. The lowest BCUT2D eigenvalue weighted by molar-refractivity contribution is 0.113. The molecule has 0 atom stereocenters. The third-order valence-electron chi connectivity index (χ3n) is 0.998. The molecule has 1 rings (SSSR count). The molecule has 1 aromatic rings. The molecule has 0 amide bonds. The molecular formula is C7H6ClNO3. The van der Waals surface area contributed by atoms with Crippen molar-refractivity contribution in [3.05, 3.63) is 24.4 Å². The first-order chi connectivity index (χ1) is 5.83. The van der Waals surface area contributed by atoms with E-state index in [1.165, 1.54) is 12.3 Å². The van der Waals surface area contributed by atoms with Crippen LogP contribution in [0.2, 0.25) is 0 Å². The van der Waals surface area contributed by atoms with Gasteiger partial charge in [0.05, 0.1) is 0 Å². The Balaban J connectivity index is 2.47. The zero-order chi connectivity index (χ0) is 8.81. The van der Waals surface area contributed by atoms with Crippen LogP contribution < -0.4 is 4.74 Å². The lowest BCUT2D eigenvalue weighted by Gasteiger charge is -2.00. The van der Waals surface area contributed by atoms with Gasteiger partial charge in [-0.3, -0.25) is 0 Å². The molecule has 0 aliphatic rings. The molecule has 0 aliphatic carbocycles. The zero-order valence-corrected chi connectivity index (χ0v) is 6.82. The van der Waals surface area contributed by atoms with Crippen LogP contribution in [0.25, 0.3) is 0 Å². The van der Waals surface area contributed by atoms with E-state index >= 15 is 0 Å². The van der Waals surface area contributed by atoms with Gasteiger partial charge in [0, 0.05) is 12.3 Å². The summed E-state index contributed by atoms with van der Waals surface area (Å²) in [7, 11) is 0. The Morgan fingerprint density at radius 1 is 1.58 bits per heavy atom. The maximum atomic E-state index is 10.6. The average molecular weight is 188 g/mol. The molecule has 1 heterocycles. The Kier molecular flexibility index (Phi) is 3.35. The number of ether oxygens (including phenoxy) is 2. The van der Waals surface area contributed by atoms with Gasteiger partial charge in [-0.05, 0) is 6.07 Å². The summed E-state index contributed by atoms with van der Waals surface area (Å²) in [6, 6.07) is 4.71. The summed E-state index contributed by atoms with van der Waals surface area (Å²) in [5, 5.41) is 0. The van der Waals surface area contributed by atoms with Gasteiger partial charge in [-0.2, -0.15) is 0 Å². The maximum Gasteiger partial charge on any atom is 0.516 e. The van der Waals surface area contributed by atoms with E-state index in [9.17, 15) is 4.79 Å². The molecule has 4 nitrogen and oxygen atoms in total. The third kappa shape index (κ3) is 2.75. The highest BCUT2D eigenvalue weighted by Gasteiger charge is 2.04. The molecular weight excluding hydrogens is 182 g/mol. The number of alkyl halides is 1. The van der Waals surface area contributed by atoms with E-state index in [-0.39, 0.29) is 11.9 Å². The number of halogens is 1. The molecule has 0 aromatic carbocycles. The summed E-state index contributed by atoms with van der Waals surface area (Å²) in [4.78, 5) is 14.4. The summed E-state index contributed by atoms with van der Waals surface area (Å²) in [6.07, 6.45) is 0.646. The highest BCUT2D eigenvalue weighted by Crippen LogP contribution is 2.04. The lowest BCUT2D eigenvalue weighted by atomic mass is 10.5. The zero-order valence-electron chi connectivity index (χ0n) is 6.07. The highest BCUT2D eigenvalue weighted by atomic mass is 35.5. The van der Waals surface area contributed by atoms with E-state index in [1.807, 2.05) is 0 Å². The number of pyridine rings is 1. The number of carbonyl (C=O) groups excluding carboxylic acids is 1. The van der Waals surface area contributed by atoms with Crippen LogP contribution in [-0.4, -0.2) is 17.2 Å². The van der Waals surface area contributed by atoms with Crippen LogP contribution in [0.1, 0.15) is 0 Å². The first-order valence-corrected chi connectivity index (χ1v) is 3.68. The smallest absolute Gasteiger partial charge is 0.418 e. The molecule has 0 saturated heterocycles. The minimum Gasteiger partial charge on any atom is -0.418 e. The van der Waals surface area contributed by atoms with Crippen molar-refractivity contribution >= 4 is 17.8 Å². The second-order valence-corrected chi connectivity index (χ2v) is 1.99. The predicted molar refractivity (Wildman–Crippen MR) is 42.1 cm³/mol. The van der Waals surface area contributed by atoms with E-state index in [2.05, 4.69) is 14.5 Å². The lowest BCUT2D eigenvalue weighted by Crippen LogP contribution is -2.09. The molecule has 0 spiro atoms. The summed E-state index contributed by atoms with van der Waals surface area (Å²) in [5.74, 6) is 0.188. The average Bonchev–Trinajstić information content (AvgIpc) is 2.06. The predicted octanol–water partition coefficient (Wildman–Crippen LogP) is 1.79. The number of hydrogen-bond acceptors (Lipinski definition) is 4. The van der Waals surface area contributed by atoms with Crippen molar-refractivity contribution in [2.75, 3.05) is 6.07 Å². The SMILES string of the molecule is O=C(OCCl)Oc1ccccn1. The Bertz CT molecular complexity index is 252. The van der Waals surface area contributed by atoms with Crippen molar-refractivity contribution in [3.8, 4) is 5.88 Å². The molecule has 0 fully saturated rings.